The quantitative estimate of drug-likeness (QED) is 0.828. The summed E-state index contributed by atoms with van der Waals surface area (Å²) < 4.78 is 0. The van der Waals surface area contributed by atoms with Crippen molar-refractivity contribution >= 4 is 0 Å². The molecule has 0 aromatic heterocycles. The van der Waals surface area contributed by atoms with Crippen LogP contribution in [-0.2, 0) is 6.54 Å². The second kappa shape index (κ2) is 8.40. The maximum absolute atomic E-state index is 9.21. The van der Waals surface area contributed by atoms with Gasteiger partial charge in [-0.3, -0.25) is 9.80 Å². The number of hydrogen-bond donors (Lipinski definition) is 1. The standard InChI is InChI=1S/C17H28N2O/c1-2-18(14-16-8-4-3-5-9-16)15-17-10-6-7-11-19(17)12-13-20/h3-5,8-9,17,20H,2,6-7,10-15H2,1H3/t17-/m1/s1. The topological polar surface area (TPSA) is 26.7 Å². The van der Waals surface area contributed by atoms with E-state index < -0.39 is 0 Å². The average molecular weight is 276 g/mol. The van der Waals surface area contributed by atoms with E-state index in [4.69, 9.17) is 0 Å². The number of likely N-dealkylation sites (tertiary alicyclic amines) is 1. The number of likely N-dealkylation sites (N-methyl/N-ethyl adjacent to an activating group) is 1. The molecule has 2 rings (SSSR count). The van der Waals surface area contributed by atoms with Crippen LogP contribution in [0.15, 0.2) is 30.3 Å². The molecule has 1 heterocycles. The Hall–Kier alpha value is -0.900. The first kappa shape index (κ1) is 15.5. The van der Waals surface area contributed by atoms with Gasteiger partial charge in [0.05, 0.1) is 6.61 Å². The Morgan fingerprint density at radius 1 is 1.25 bits per heavy atom. The molecule has 1 atom stereocenters. The lowest BCUT2D eigenvalue weighted by Crippen LogP contribution is -2.47. The highest BCUT2D eigenvalue weighted by Gasteiger charge is 2.23. The van der Waals surface area contributed by atoms with E-state index in [0.29, 0.717) is 6.04 Å². The van der Waals surface area contributed by atoms with Gasteiger partial charge in [-0.2, -0.15) is 0 Å². The fourth-order valence-corrected chi connectivity index (χ4v) is 3.13. The Balaban J connectivity index is 1.90. The number of aliphatic hydroxyl groups excluding tert-OH is 1. The number of nitrogens with zero attached hydrogens (tertiary/aromatic N) is 2. The maximum atomic E-state index is 9.21. The molecule has 1 aromatic carbocycles. The third kappa shape index (κ3) is 4.58. The second-order valence-corrected chi connectivity index (χ2v) is 5.72. The van der Waals surface area contributed by atoms with Gasteiger partial charge in [0.15, 0.2) is 0 Å². The summed E-state index contributed by atoms with van der Waals surface area (Å²) >= 11 is 0. The summed E-state index contributed by atoms with van der Waals surface area (Å²) in [6.45, 7) is 7.72. The minimum absolute atomic E-state index is 0.279. The van der Waals surface area contributed by atoms with E-state index in [-0.39, 0.29) is 6.61 Å². The largest absolute Gasteiger partial charge is 0.395 e. The molecule has 0 bridgehead atoms. The Morgan fingerprint density at radius 3 is 2.75 bits per heavy atom. The van der Waals surface area contributed by atoms with Gasteiger partial charge in [0.1, 0.15) is 0 Å². The summed E-state index contributed by atoms with van der Waals surface area (Å²) in [4.78, 5) is 4.99. The Kier molecular flexibility index (Phi) is 6.51. The van der Waals surface area contributed by atoms with Gasteiger partial charge in [0.2, 0.25) is 0 Å². The highest BCUT2D eigenvalue weighted by atomic mass is 16.3. The van der Waals surface area contributed by atoms with Crippen molar-refractivity contribution in [3.8, 4) is 0 Å². The van der Waals surface area contributed by atoms with E-state index >= 15 is 0 Å². The van der Waals surface area contributed by atoms with Crippen molar-refractivity contribution in [3.05, 3.63) is 35.9 Å². The van der Waals surface area contributed by atoms with Crippen LogP contribution in [0.3, 0.4) is 0 Å². The van der Waals surface area contributed by atoms with Crippen molar-refractivity contribution in [2.75, 3.05) is 32.8 Å². The SMILES string of the molecule is CCN(Cc1ccccc1)C[C@H]1CCCCN1CCO. The van der Waals surface area contributed by atoms with E-state index in [2.05, 4.69) is 47.1 Å². The summed E-state index contributed by atoms with van der Waals surface area (Å²) in [6.07, 6.45) is 3.88. The summed E-state index contributed by atoms with van der Waals surface area (Å²) in [5.74, 6) is 0. The molecule has 0 radical (unpaired) electrons. The molecule has 1 saturated heterocycles. The van der Waals surface area contributed by atoms with E-state index in [1.807, 2.05) is 0 Å². The number of aliphatic hydroxyl groups is 1. The first-order chi connectivity index (χ1) is 9.83. The van der Waals surface area contributed by atoms with Gasteiger partial charge in [-0.25, -0.2) is 0 Å². The highest BCUT2D eigenvalue weighted by molar-refractivity contribution is 5.14. The van der Waals surface area contributed by atoms with Crippen molar-refractivity contribution in [1.82, 2.24) is 9.80 Å². The van der Waals surface area contributed by atoms with E-state index in [0.717, 1.165) is 32.7 Å². The molecule has 0 saturated carbocycles. The van der Waals surface area contributed by atoms with Crippen LogP contribution < -0.4 is 0 Å². The van der Waals surface area contributed by atoms with Gasteiger partial charge in [-0.15, -0.1) is 0 Å². The van der Waals surface area contributed by atoms with Crippen molar-refractivity contribution in [1.29, 1.82) is 0 Å². The molecule has 0 unspecified atom stereocenters. The van der Waals surface area contributed by atoms with Crippen LogP contribution in [0.5, 0.6) is 0 Å². The molecule has 1 aliphatic heterocycles. The molecule has 0 spiro atoms. The predicted molar refractivity (Wildman–Crippen MR) is 83.7 cm³/mol. The molecule has 20 heavy (non-hydrogen) atoms. The Bertz CT molecular complexity index is 367. The van der Waals surface area contributed by atoms with Crippen LogP contribution in [0, 0.1) is 0 Å². The molecule has 1 aromatic rings. The number of benzene rings is 1. The molecule has 112 valence electrons. The number of β-amino-alcohol motifs (C(OH)–C–C–N with tert-alkyl or cyclic N) is 1. The minimum Gasteiger partial charge on any atom is -0.395 e. The van der Waals surface area contributed by atoms with Crippen LogP contribution in [0.4, 0.5) is 0 Å². The zero-order valence-electron chi connectivity index (χ0n) is 12.7. The molecule has 1 fully saturated rings. The summed E-state index contributed by atoms with van der Waals surface area (Å²) in [6, 6.07) is 11.3. The van der Waals surface area contributed by atoms with Gasteiger partial charge < -0.3 is 5.11 Å². The highest BCUT2D eigenvalue weighted by Crippen LogP contribution is 2.18. The van der Waals surface area contributed by atoms with Crippen molar-refractivity contribution in [2.24, 2.45) is 0 Å². The normalized spacial score (nSPS) is 20.4. The molecular weight excluding hydrogens is 248 g/mol. The maximum Gasteiger partial charge on any atom is 0.0558 e. The first-order valence-corrected chi connectivity index (χ1v) is 7.94. The second-order valence-electron chi connectivity index (χ2n) is 5.72. The molecule has 1 N–H and O–H groups in total. The predicted octanol–water partition coefficient (Wildman–Crippen LogP) is 2.36. The van der Waals surface area contributed by atoms with Crippen molar-refractivity contribution in [2.45, 2.75) is 38.8 Å². The molecule has 0 aliphatic carbocycles. The fourth-order valence-electron chi connectivity index (χ4n) is 3.13. The Labute approximate surface area is 123 Å². The smallest absolute Gasteiger partial charge is 0.0558 e. The third-order valence-corrected chi connectivity index (χ3v) is 4.30. The fraction of sp³-hybridized carbons (Fsp3) is 0.647. The van der Waals surface area contributed by atoms with E-state index in [9.17, 15) is 5.11 Å². The van der Waals surface area contributed by atoms with E-state index in [1.165, 1.54) is 24.8 Å². The van der Waals surface area contributed by atoms with E-state index in [1.54, 1.807) is 0 Å². The zero-order valence-corrected chi connectivity index (χ0v) is 12.7. The number of rotatable bonds is 7. The summed E-state index contributed by atoms with van der Waals surface area (Å²) in [5.41, 5.74) is 1.39. The first-order valence-electron chi connectivity index (χ1n) is 7.94. The Morgan fingerprint density at radius 2 is 2.05 bits per heavy atom. The number of piperidine rings is 1. The zero-order chi connectivity index (χ0) is 14.2. The molecule has 0 amide bonds. The molecular formula is C17H28N2O. The lowest BCUT2D eigenvalue weighted by atomic mass is 10.0. The van der Waals surface area contributed by atoms with Crippen LogP contribution >= 0.6 is 0 Å². The molecule has 3 heteroatoms. The van der Waals surface area contributed by atoms with Crippen molar-refractivity contribution < 1.29 is 5.11 Å². The van der Waals surface area contributed by atoms with Gasteiger partial charge in [-0.05, 0) is 31.5 Å². The summed E-state index contributed by atoms with van der Waals surface area (Å²) in [5, 5.41) is 9.21. The third-order valence-electron chi connectivity index (χ3n) is 4.30. The van der Waals surface area contributed by atoms with Gasteiger partial charge >= 0.3 is 0 Å². The monoisotopic (exact) mass is 276 g/mol. The minimum atomic E-state index is 0.279. The van der Waals surface area contributed by atoms with Crippen LogP contribution in [-0.4, -0.2) is 53.7 Å². The van der Waals surface area contributed by atoms with Crippen LogP contribution in [0.25, 0.3) is 0 Å². The van der Waals surface area contributed by atoms with Crippen LogP contribution in [0.1, 0.15) is 31.7 Å². The van der Waals surface area contributed by atoms with Crippen LogP contribution in [0.2, 0.25) is 0 Å². The van der Waals surface area contributed by atoms with Gasteiger partial charge in [0.25, 0.3) is 0 Å². The lowest BCUT2D eigenvalue weighted by molar-refractivity contribution is 0.0848. The van der Waals surface area contributed by atoms with Crippen molar-refractivity contribution in [3.63, 3.8) is 0 Å². The number of hydrogen-bond acceptors (Lipinski definition) is 3. The van der Waals surface area contributed by atoms with Gasteiger partial charge in [0, 0.05) is 25.7 Å². The molecule has 1 aliphatic rings. The lowest BCUT2D eigenvalue weighted by Gasteiger charge is -2.38. The molecule has 3 nitrogen and oxygen atoms in total. The van der Waals surface area contributed by atoms with Gasteiger partial charge in [-0.1, -0.05) is 43.7 Å². The summed E-state index contributed by atoms with van der Waals surface area (Å²) in [7, 11) is 0. The average Bonchev–Trinajstić information content (AvgIpc) is 2.50.